The molecule has 1 saturated carbocycles. The first-order valence-electron chi connectivity index (χ1n) is 8.13. The molecule has 1 atom stereocenters. The molecule has 0 radical (unpaired) electrons. The van der Waals surface area contributed by atoms with Gasteiger partial charge in [0.15, 0.2) is 0 Å². The minimum atomic E-state index is -0.337. The van der Waals surface area contributed by atoms with E-state index >= 15 is 0 Å². The number of nitrogens with zero attached hydrogens (tertiary/aromatic N) is 3. The smallest absolute Gasteiger partial charge is 0.135 e. The van der Waals surface area contributed by atoms with Gasteiger partial charge in [-0.2, -0.15) is 0 Å². The van der Waals surface area contributed by atoms with Gasteiger partial charge in [-0.1, -0.05) is 41.9 Å². The third kappa shape index (κ3) is 3.06. The molecule has 1 unspecified atom stereocenters. The number of hydrogen-bond acceptors (Lipinski definition) is 4. The van der Waals surface area contributed by atoms with Crippen molar-refractivity contribution in [2.45, 2.75) is 31.3 Å². The van der Waals surface area contributed by atoms with Crippen LogP contribution in [0.1, 0.15) is 37.1 Å². The Labute approximate surface area is 141 Å². The van der Waals surface area contributed by atoms with Crippen LogP contribution in [0.15, 0.2) is 36.4 Å². The van der Waals surface area contributed by atoms with Crippen molar-refractivity contribution >= 4 is 17.4 Å². The van der Waals surface area contributed by atoms with E-state index in [1.54, 1.807) is 0 Å². The lowest BCUT2D eigenvalue weighted by Gasteiger charge is -2.41. The van der Waals surface area contributed by atoms with Crippen molar-refractivity contribution in [2.24, 2.45) is 0 Å². The first kappa shape index (κ1) is 14.9. The van der Waals surface area contributed by atoms with E-state index < -0.39 is 0 Å². The number of aromatic nitrogens is 2. The molecule has 5 heteroatoms. The molecule has 4 nitrogen and oxygen atoms in total. The first-order chi connectivity index (χ1) is 11.1. The second kappa shape index (κ2) is 5.77. The van der Waals surface area contributed by atoms with Gasteiger partial charge in [0.25, 0.3) is 0 Å². The zero-order chi connectivity index (χ0) is 15.9. The summed E-state index contributed by atoms with van der Waals surface area (Å²) in [4.78, 5) is 11.4. The van der Waals surface area contributed by atoms with Crippen LogP contribution in [0.3, 0.4) is 0 Å². The van der Waals surface area contributed by atoms with E-state index in [1.165, 1.54) is 18.4 Å². The summed E-state index contributed by atoms with van der Waals surface area (Å²) in [6, 6.07) is 12.2. The summed E-state index contributed by atoms with van der Waals surface area (Å²) in [6.45, 7) is 4.39. The summed E-state index contributed by atoms with van der Waals surface area (Å²) < 4.78 is 6.11. The molecule has 0 bridgehead atoms. The molecule has 0 spiro atoms. The topological polar surface area (TPSA) is 38.2 Å². The number of hydrogen-bond donors (Lipinski definition) is 0. The molecular weight excluding hydrogens is 310 g/mol. The van der Waals surface area contributed by atoms with Crippen molar-refractivity contribution < 1.29 is 4.74 Å². The zero-order valence-electron chi connectivity index (χ0n) is 13.2. The standard InChI is InChI=1S/C18H20ClN3O/c1-18(14-5-3-2-4-6-14)12-22(9-10-23-18)16-11-15(19)20-17(21-16)13-7-8-13/h2-6,11,13H,7-10,12H2,1H3. The average molecular weight is 330 g/mol. The highest BCUT2D eigenvalue weighted by molar-refractivity contribution is 6.29. The van der Waals surface area contributed by atoms with Crippen molar-refractivity contribution in [3.8, 4) is 0 Å². The number of morpholine rings is 1. The van der Waals surface area contributed by atoms with Crippen LogP contribution in [-0.4, -0.2) is 29.7 Å². The minimum absolute atomic E-state index is 0.337. The van der Waals surface area contributed by atoms with Gasteiger partial charge >= 0.3 is 0 Å². The second-order valence-electron chi connectivity index (χ2n) is 6.55. The summed E-state index contributed by atoms with van der Waals surface area (Å²) in [5.41, 5.74) is 0.851. The molecular formula is C18H20ClN3O. The zero-order valence-corrected chi connectivity index (χ0v) is 14.0. The second-order valence-corrected chi connectivity index (χ2v) is 6.94. The maximum absolute atomic E-state index is 6.22. The fourth-order valence-corrected chi connectivity index (χ4v) is 3.32. The fraction of sp³-hybridized carbons (Fsp3) is 0.444. The molecule has 2 heterocycles. The third-order valence-electron chi connectivity index (χ3n) is 4.62. The first-order valence-corrected chi connectivity index (χ1v) is 8.51. The highest BCUT2D eigenvalue weighted by atomic mass is 35.5. The van der Waals surface area contributed by atoms with Crippen molar-refractivity contribution in [3.05, 3.63) is 52.9 Å². The molecule has 2 aliphatic rings. The average Bonchev–Trinajstić information content (AvgIpc) is 3.40. The Morgan fingerprint density at radius 1 is 1.22 bits per heavy atom. The number of rotatable bonds is 3. The molecule has 120 valence electrons. The summed E-state index contributed by atoms with van der Waals surface area (Å²) in [5.74, 6) is 2.30. The fourth-order valence-electron chi connectivity index (χ4n) is 3.14. The van der Waals surface area contributed by atoms with Gasteiger partial charge in [-0.3, -0.25) is 0 Å². The van der Waals surface area contributed by atoms with Crippen LogP contribution in [0, 0.1) is 0 Å². The van der Waals surface area contributed by atoms with E-state index in [0.717, 1.165) is 24.7 Å². The number of ether oxygens (including phenoxy) is 1. The summed E-state index contributed by atoms with van der Waals surface area (Å²) in [6.07, 6.45) is 2.34. The monoisotopic (exact) mass is 329 g/mol. The van der Waals surface area contributed by atoms with E-state index in [1.807, 2.05) is 12.1 Å². The van der Waals surface area contributed by atoms with Gasteiger partial charge in [0.05, 0.1) is 13.2 Å². The van der Waals surface area contributed by atoms with E-state index in [4.69, 9.17) is 21.3 Å². The molecule has 1 aliphatic carbocycles. The largest absolute Gasteiger partial charge is 0.367 e. The predicted octanol–water partition coefficient (Wildman–Crippen LogP) is 3.76. The van der Waals surface area contributed by atoms with Gasteiger partial charge in [-0.05, 0) is 25.3 Å². The third-order valence-corrected chi connectivity index (χ3v) is 4.82. The minimum Gasteiger partial charge on any atom is -0.367 e. The van der Waals surface area contributed by atoms with E-state index in [9.17, 15) is 0 Å². The van der Waals surface area contributed by atoms with Gasteiger partial charge in [-0.25, -0.2) is 9.97 Å². The van der Waals surface area contributed by atoms with Crippen LogP contribution < -0.4 is 4.90 Å². The predicted molar refractivity (Wildman–Crippen MR) is 91.0 cm³/mol. The molecule has 1 aromatic carbocycles. The van der Waals surface area contributed by atoms with E-state index in [0.29, 0.717) is 17.7 Å². The lowest BCUT2D eigenvalue weighted by atomic mass is 9.94. The number of benzene rings is 1. The molecule has 1 saturated heterocycles. The maximum Gasteiger partial charge on any atom is 0.135 e. The molecule has 4 rings (SSSR count). The Hall–Kier alpha value is -1.65. The molecule has 0 amide bonds. The normalized spacial score (nSPS) is 24.7. The quantitative estimate of drug-likeness (QED) is 0.804. The molecule has 1 aromatic heterocycles. The Balaban J connectivity index is 1.62. The van der Waals surface area contributed by atoms with Crippen LogP contribution in [0.2, 0.25) is 5.15 Å². The molecule has 0 N–H and O–H groups in total. The Morgan fingerprint density at radius 3 is 2.74 bits per heavy atom. The van der Waals surface area contributed by atoms with Crippen LogP contribution in [-0.2, 0) is 10.3 Å². The highest BCUT2D eigenvalue weighted by Crippen LogP contribution is 2.39. The molecule has 2 aromatic rings. The lowest BCUT2D eigenvalue weighted by molar-refractivity contribution is -0.0468. The number of anilines is 1. The van der Waals surface area contributed by atoms with Gasteiger partial charge in [-0.15, -0.1) is 0 Å². The van der Waals surface area contributed by atoms with E-state index in [-0.39, 0.29) is 5.60 Å². The van der Waals surface area contributed by atoms with Crippen molar-refractivity contribution in [3.63, 3.8) is 0 Å². The van der Waals surface area contributed by atoms with Crippen molar-refractivity contribution in [1.82, 2.24) is 9.97 Å². The summed E-state index contributed by atoms with van der Waals surface area (Å²) in [5, 5.41) is 0.532. The van der Waals surface area contributed by atoms with Gasteiger partial charge in [0, 0.05) is 18.5 Å². The molecule has 2 fully saturated rings. The molecule has 1 aliphatic heterocycles. The highest BCUT2D eigenvalue weighted by Gasteiger charge is 2.35. The maximum atomic E-state index is 6.22. The lowest BCUT2D eigenvalue weighted by Crippen LogP contribution is -2.48. The van der Waals surface area contributed by atoms with Gasteiger partial charge in [0.1, 0.15) is 22.4 Å². The van der Waals surface area contributed by atoms with Gasteiger partial charge in [0.2, 0.25) is 0 Å². The van der Waals surface area contributed by atoms with Crippen LogP contribution in [0.4, 0.5) is 5.82 Å². The van der Waals surface area contributed by atoms with Crippen LogP contribution >= 0.6 is 11.6 Å². The van der Waals surface area contributed by atoms with Crippen LogP contribution in [0.5, 0.6) is 0 Å². The Bertz CT molecular complexity index is 705. The Kier molecular flexibility index (Phi) is 3.74. The molecule has 23 heavy (non-hydrogen) atoms. The summed E-state index contributed by atoms with van der Waals surface area (Å²) >= 11 is 6.22. The van der Waals surface area contributed by atoms with Crippen molar-refractivity contribution in [2.75, 3.05) is 24.6 Å². The van der Waals surface area contributed by atoms with Crippen molar-refractivity contribution in [1.29, 1.82) is 0 Å². The van der Waals surface area contributed by atoms with E-state index in [2.05, 4.69) is 41.1 Å². The summed E-state index contributed by atoms with van der Waals surface area (Å²) in [7, 11) is 0. The van der Waals surface area contributed by atoms with Gasteiger partial charge < -0.3 is 9.64 Å². The van der Waals surface area contributed by atoms with Crippen LogP contribution in [0.25, 0.3) is 0 Å². The number of halogens is 1. The Morgan fingerprint density at radius 2 is 2.00 bits per heavy atom. The SMILES string of the molecule is CC1(c2ccccc2)CN(c2cc(Cl)nc(C3CC3)n2)CCO1.